The first kappa shape index (κ1) is 17.4. The quantitative estimate of drug-likeness (QED) is 0.800. The Morgan fingerprint density at radius 1 is 1.33 bits per heavy atom. The normalized spacial score (nSPS) is 17.3. The highest BCUT2D eigenvalue weighted by Gasteiger charge is 2.44. The Morgan fingerprint density at radius 3 is 2.81 bits per heavy atom. The lowest BCUT2D eigenvalue weighted by molar-refractivity contribution is -0.119. The first-order valence-corrected chi connectivity index (χ1v) is 9.10. The van der Waals surface area contributed by atoms with Crippen molar-refractivity contribution < 1.29 is 9.59 Å². The van der Waals surface area contributed by atoms with Gasteiger partial charge in [0, 0.05) is 51.3 Å². The van der Waals surface area contributed by atoms with Crippen LogP contribution in [0.3, 0.4) is 0 Å². The van der Waals surface area contributed by atoms with Crippen LogP contribution in [0.4, 0.5) is 4.79 Å². The van der Waals surface area contributed by atoms with Crippen molar-refractivity contribution in [2.24, 2.45) is 18.2 Å². The number of urea groups is 1. The maximum atomic E-state index is 12.6. The fourth-order valence-electron chi connectivity index (χ4n) is 3.53. The van der Waals surface area contributed by atoms with Gasteiger partial charge in [0.2, 0.25) is 5.91 Å². The number of amides is 3. The Kier molecular flexibility index (Phi) is 4.29. The number of primary amides is 1. The molecule has 3 heterocycles. The molecular weight excluding hydrogens is 346 g/mol. The minimum atomic E-state index is -0.310. The van der Waals surface area contributed by atoms with Crippen molar-refractivity contribution in [1.29, 1.82) is 0 Å². The van der Waals surface area contributed by atoms with E-state index >= 15 is 0 Å². The lowest BCUT2D eigenvalue weighted by Gasteiger charge is -2.29. The minimum absolute atomic E-state index is 0.115. The van der Waals surface area contributed by atoms with Crippen molar-refractivity contribution >= 4 is 11.9 Å². The SMILES string of the molecule is Cn1cc(-c2cc3c(nn2)CCN(C(=O)NCC2(CC(N)=O)CC2)C3)cn1. The summed E-state index contributed by atoms with van der Waals surface area (Å²) in [5, 5.41) is 15.7. The molecule has 2 aromatic rings. The zero-order valence-electron chi connectivity index (χ0n) is 15.3. The molecule has 1 saturated carbocycles. The fourth-order valence-corrected chi connectivity index (χ4v) is 3.53. The number of hydrogen-bond acceptors (Lipinski definition) is 5. The smallest absolute Gasteiger partial charge is 0.317 e. The van der Waals surface area contributed by atoms with E-state index in [4.69, 9.17) is 5.73 Å². The average Bonchev–Trinajstić information content (AvgIpc) is 3.26. The number of aryl methyl sites for hydroxylation is 1. The molecule has 0 atom stereocenters. The van der Waals surface area contributed by atoms with Gasteiger partial charge in [0.25, 0.3) is 0 Å². The van der Waals surface area contributed by atoms with Gasteiger partial charge in [-0.3, -0.25) is 9.48 Å². The molecule has 4 rings (SSSR count). The molecule has 0 saturated heterocycles. The van der Waals surface area contributed by atoms with Gasteiger partial charge in [-0.2, -0.15) is 15.3 Å². The van der Waals surface area contributed by atoms with Crippen molar-refractivity contribution in [2.45, 2.75) is 32.2 Å². The maximum Gasteiger partial charge on any atom is 0.317 e. The summed E-state index contributed by atoms with van der Waals surface area (Å²) in [5.74, 6) is -0.310. The van der Waals surface area contributed by atoms with Crippen LogP contribution in [0, 0.1) is 5.41 Å². The maximum absolute atomic E-state index is 12.6. The second-order valence-corrected chi connectivity index (χ2v) is 7.58. The molecule has 2 aliphatic rings. The van der Waals surface area contributed by atoms with E-state index in [-0.39, 0.29) is 17.4 Å². The molecule has 0 bridgehead atoms. The molecule has 0 spiro atoms. The highest BCUT2D eigenvalue weighted by molar-refractivity contribution is 5.76. The fraction of sp³-hybridized carbons (Fsp3) is 0.500. The van der Waals surface area contributed by atoms with Gasteiger partial charge in [0.15, 0.2) is 0 Å². The van der Waals surface area contributed by atoms with Crippen LogP contribution in [-0.2, 0) is 24.8 Å². The van der Waals surface area contributed by atoms with Gasteiger partial charge in [-0.15, -0.1) is 0 Å². The third-order valence-corrected chi connectivity index (χ3v) is 5.35. The van der Waals surface area contributed by atoms with Crippen molar-refractivity contribution in [3.05, 3.63) is 29.7 Å². The Labute approximate surface area is 156 Å². The van der Waals surface area contributed by atoms with Crippen LogP contribution in [-0.4, -0.2) is 49.9 Å². The second kappa shape index (κ2) is 6.64. The molecule has 0 aromatic carbocycles. The molecule has 9 nitrogen and oxygen atoms in total. The summed E-state index contributed by atoms with van der Waals surface area (Å²) >= 11 is 0. The molecule has 1 aliphatic carbocycles. The largest absolute Gasteiger partial charge is 0.370 e. The van der Waals surface area contributed by atoms with Crippen molar-refractivity contribution in [1.82, 2.24) is 30.2 Å². The van der Waals surface area contributed by atoms with E-state index in [0.29, 0.717) is 32.5 Å². The van der Waals surface area contributed by atoms with Gasteiger partial charge in [0.05, 0.1) is 17.6 Å². The number of nitrogens with one attached hydrogen (secondary N) is 1. The highest BCUT2D eigenvalue weighted by atomic mass is 16.2. The Morgan fingerprint density at radius 2 is 2.15 bits per heavy atom. The molecule has 3 N–H and O–H groups in total. The summed E-state index contributed by atoms with van der Waals surface area (Å²) in [6.07, 6.45) is 6.51. The van der Waals surface area contributed by atoms with Gasteiger partial charge < -0.3 is 16.0 Å². The van der Waals surface area contributed by atoms with Crippen LogP contribution in [0.2, 0.25) is 0 Å². The zero-order chi connectivity index (χ0) is 19.0. The van der Waals surface area contributed by atoms with Crippen LogP contribution in [0.5, 0.6) is 0 Å². The summed E-state index contributed by atoms with van der Waals surface area (Å²) in [6.45, 7) is 1.59. The van der Waals surface area contributed by atoms with Crippen LogP contribution in [0.1, 0.15) is 30.5 Å². The van der Waals surface area contributed by atoms with E-state index in [2.05, 4.69) is 20.6 Å². The van der Waals surface area contributed by atoms with Crippen molar-refractivity contribution in [3.8, 4) is 11.3 Å². The number of nitrogens with zero attached hydrogens (tertiary/aromatic N) is 5. The van der Waals surface area contributed by atoms with Crippen LogP contribution >= 0.6 is 0 Å². The van der Waals surface area contributed by atoms with E-state index in [1.54, 1.807) is 15.8 Å². The molecule has 0 unspecified atom stereocenters. The predicted octanol–water partition coefficient (Wildman–Crippen LogP) is 0.600. The summed E-state index contributed by atoms with van der Waals surface area (Å²) < 4.78 is 1.72. The van der Waals surface area contributed by atoms with Crippen LogP contribution < -0.4 is 11.1 Å². The van der Waals surface area contributed by atoms with E-state index in [1.165, 1.54) is 0 Å². The lowest BCUT2D eigenvalue weighted by atomic mass is 10.0. The third kappa shape index (κ3) is 3.76. The molecule has 1 fully saturated rings. The minimum Gasteiger partial charge on any atom is -0.370 e. The monoisotopic (exact) mass is 369 g/mol. The Bertz CT molecular complexity index is 888. The number of aromatic nitrogens is 4. The first-order chi connectivity index (χ1) is 12.9. The number of fused-ring (bicyclic) bond motifs is 1. The number of carbonyl (C=O) groups excluding carboxylic acids is 2. The van der Waals surface area contributed by atoms with E-state index in [9.17, 15) is 9.59 Å². The van der Waals surface area contributed by atoms with Gasteiger partial charge in [0.1, 0.15) is 0 Å². The van der Waals surface area contributed by atoms with Gasteiger partial charge >= 0.3 is 6.03 Å². The van der Waals surface area contributed by atoms with E-state index in [1.807, 2.05) is 19.3 Å². The molecular formula is C18H23N7O2. The van der Waals surface area contributed by atoms with Gasteiger partial charge in [-0.25, -0.2) is 4.79 Å². The lowest BCUT2D eigenvalue weighted by Crippen LogP contribution is -2.45. The summed E-state index contributed by atoms with van der Waals surface area (Å²) in [7, 11) is 1.85. The number of rotatable bonds is 5. The Hall–Kier alpha value is -2.97. The van der Waals surface area contributed by atoms with E-state index < -0.39 is 0 Å². The predicted molar refractivity (Wildman–Crippen MR) is 97.2 cm³/mol. The van der Waals surface area contributed by atoms with Gasteiger partial charge in [-0.05, 0) is 29.9 Å². The van der Waals surface area contributed by atoms with E-state index in [0.717, 1.165) is 35.4 Å². The zero-order valence-corrected chi connectivity index (χ0v) is 15.3. The average molecular weight is 369 g/mol. The number of carbonyl (C=O) groups is 2. The molecule has 2 aromatic heterocycles. The molecule has 9 heteroatoms. The van der Waals surface area contributed by atoms with Crippen molar-refractivity contribution in [2.75, 3.05) is 13.1 Å². The summed E-state index contributed by atoms with van der Waals surface area (Å²) in [4.78, 5) is 25.5. The standard InChI is InChI=1S/C18H23N7O2/c1-24-9-13(8-21-24)15-6-12-10-25(5-2-14(12)22-23-15)17(27)20-11-18(3-4-18)7-16(19)26/h6,8-9H,2-5,7,10-11H2,1H3,(H2,19,26)(H,20,27). The third-order valence-electron chi connectivity index (χ3n) is 5.35. The number of nitrogens with two attached hydrogens (primary N) is 1. The summed E-state index contributed by atoms with van der Waals surface area (Å²) in [5.41, 5.74) is 8.76. The first-order valence-electron chi connectivity index (χ1n) is 9.10. The highest BCUT2D eigenvalue weighted by Crippen LogP contribution is 2.48. The molecule has 0 radical (unpaired) electrons. The van der Waals surface area contributed by atoms with Gasteiger partial charge in [-0.1, -0.05) is 0 Å². The topological polar surface area (TPSA) is 119 Å². The molecule has 1 aliphatic heterocycles. The Balaban J connectivity index is 1.41. The molecule has 27 heavy (non-hydrogen) atoms. The van der Waals surface area contributed by atoms with Crippen LogP contribution in [0.25, 0.3) is 11.3 Å². The molecule has 3 amide bonds. The van der Waals surface area contributed by atoms with Crippen molar-refractivity contribution in [3.63, 3.8) is 0 Å². The summed E-state index contributed by atoms with van der Waals surface area (Å²) in [6, 6.07) is 1.87. The molecule has 142 valence electrons. The number of hydrogen-bond donors (Lipinski definition) is 2. The second-order valence-electron chi connectivity index (χ2n) is 7.58. The van der Waals surface area contributed by atoms with Crippen LogP contribution in [0.15, 0.2) is 18.5 Å².